The fourth-order valence-electron chi connectivity index (χ4n) is 3.11. The van der Waals surface area contributed by atoms with Crippen LogP contribution in [0.5, 0.6) is 0 Å². The first kappa shape index (κ1) is 20.8. The monoisotopic (exact) mass is 411 g/mol. The first-order chi connectivity index (χ1) is 13.9. The maximum absolute atomic E-state index is 12.5. The van der Waals surface area contributed by atoms with E-state index in [1.807, 2.05) is 42.5 Å². The van der Waals surface area contributed by atoms with Gasteiger partial charge < -0.3 is 10.6 Å². The number of nitrogens with one attached hydrogen (secondary N) is 2. The second-order valence-electron chi connectivity index (χ2n) is 6.58. The molecule has 3 aromatic carbocycles. The number of carbonyl (C=O) groups excluding carboxylic acids is 1. The Hall–Kier alpha value is -2.90. The highest BCUT2D eigenvalue weighted by atomic mass is 32.2. The van der Waals surface area contributed by atoms with Crippen LogP contribution >= 0.6 is 0 Å². The van der Waals surface area contributed by atoms with Crippen molar-refractivity contribution in [2.24, 2.45) is 0 Å². The van der Waals surface area contributed by atoms with E-state index in [0.717, 1.165) is 16.5 Å². The third-order valence-electron chi connectivity index (χ3n) is 4.68. The van der Waals surface area contributed by atoms with Gasteiger partial charge in [0, 0.05) is 24.5 Å². The average molecular weight is 412 g/mol. The van der Waals surface area contributed by atoms with Gasteiger partial charge in [0.1, 0.15) is 0 Å². The third kappa shape index (κ3) is 4.93. The van der Waals surface area contributed by atoms with Crippen molar-refractivity contribution in [3.63, 3.8) is 0 Å². The van der Waals surface area contributed by atoms with Gasteiger partial charge >= 0.3 is 0 Å². The summed E-state index contributed by atoms with van der Waals surface area (Å²) >= 11 is 0. The van der Waals surface area contributed by atoms with Crippen LogP contribution in [-0.4, -0.2) is 38.3 Å². The first-order valence-corrected chi connectivity index (χ1v) is 11.0. The normalized spacial score (nSPS) is 11.6. The minimum atomic E-state index is -3.50. The van der Waals surface area contributed by atoms with Crippen LogP contribution in [0.1, 0.15) is 13.8 Å². The molecule has 0 radical (unpaired) electrons. The van der Waals surface area contributed by atoms with E-state index in [9.17, 15) is 13.2 Å². The Morgan fingerprint density at radius 3 is 2.14 bits per heavy atom. The molecule has 0 saturated heterocycles. The molecule has 0 atom stereocenters. The van der Waals surface area contributed by atoms with Gasteiger partial charge in [-0.3, -0.25) is 4.79 Å². The molecule has 29 heavy (non-hydrogen) atoms. The predicted octanol–water partition coefficient (Wildman–Crippen LogP) is 3.92. The lowest BCUT2D eigenvalue weighted by Crippen LogP contribution is -2.30. The Kier molecular flexibility index (Phi) is 6.51. The summed E-state index contributed by atoms with van der Waals surface area (Å²) in [5.41, 5.74) is 1.41. The second kappa shape index (κ2) is 9.07. The van der Waals surface area contributed by atoms with Crippen molar-refractivity contribution in [3.8, 4) is 0 Å². The Balaban J connectivity index is 1.60. The van der Waals surface area contributed by atoms with Gasteiger partial charge in [-0.15, -0.1) is 0 Å². The van der Waals surface area contributed by atoms with Crippen molar-refractivity contribution in [3.05, 3.63) is 66.7 Å². The van der Waals surface area contributed by atoms with Crippen LogP contribution in [0.15, 0.2) is 71.6 Å². The molecule has 0 aliphatic carbocycles. The molecule has 1 amide bonds. The molecule has 0 unspecified atom stereocenters. The molecule has 0 aliphatic heterocycles. The van der Waals surface area contributed by atoms with Crippen LogP contribution in [0, 0.1) is 0 Å². The fraction of sp³-hybridized carbons (Fsp3) is 0.227. The smallest absolute Gasteiger partial charge is 0.243 e. The van der Waals surface area contributed by atoms with Crippen LogP contribution in [0.4, 0.5) is 11.4 Å². The van der Waals surface area contributed by atoms with Crippen LogP contribution in [0.25, 0.3) is 10.8 Å². The van der Waals surface area contributed by atoms with Gasteiger partial charge in [0.2, 0.25) is 15.9 Å². The zero-order valence-corrected chi connectivity index (χ0v) is 17.4. The maximum atomic E-state index is 12.5. The first-order valence-electron chi connectivity index (χ1n) is 9.56. The van der Waals surface area contributed by atoms with E-state index in [1.54, 1.807) is 26.0 Å². The molecular formula is C22H25N3O3S. The number of sulfonamides is 1. The Bertz CT molecular complexity index is 1090. The number of fused-ring (bicyclic) bond motifs is 1. The van der Waals surface area contributed by atoms with Gasteiger partial charge in [0.25, 0.3) is 0 Å². The van der Waals surface area contributed by atoms with Crippen molar-refractivity contribution in [1.82, 2.24) is 4.31 Å². The zero-order valence-electron chi connectivity index (χ0n) is 16.6. The number of hydrogen-bond acceptors (Lipinski definition) is 4. The van der Waals surface area contributed by atoms with Crippen molar-refractivity contribution >= 4 is 38.1 Å². The molecule has 3 aromatic rings. The SMILES string of the molecule is CCN(CC)S(=O)(=O)c1ccc(NC(=O)CNc2ccc3ccccc3c2)cc1. The van der Waals surface area contributed by atoms with E-state index in [4.69, 9.17) is 0 Å². The van der Waals surface area contributed by atoms with E-state index in [2.05, 4.69) is 10.6 Å². The largest absolute Gasteiger partial charge is 0.376 e. The molecule has 0 saturated carbocycles. The van der Waals surface area contributed by atoms with E-state index >= 15 is 0 Å². The maximum Gasteiger partial charge on any atom is 0.243 e. The fourth-order valence-corrected chi connectivity index (χ4v) is 4.57. The average Bonchev–Trinajstić information content (AvgIpc) is 2.73. The van der Waals surface area contributed by atoms with Crippen molar-refractivity contribution < 1.29 is 13.2 Å². The third-order valence-corrected chi connectivity index (χ3v) is 6.75. The summed E-state index contributed by atoms with van der Waals surface area (Å²) in [6.45, 7) is 4.55. The summed E-state index contributed by atoms with van der Waals surface area (Å²) in [5, 5.41) is 8.12. The summed E-state index contributed by atoms with van der Waals surface area (Å²) < 4.78 is 26.4. The molecule has 0 aromatic heterocycles. The molecule has 0 spiro atoms. The van der Waals surface area contributed by atoms with Crippen molar-refractivity contribution in [2.75, 3.05) is 30.3 Å². The van der Waals surface area contributed by atoms with Crippen LogP contribution in [0.2, 0.25) is 0 Å². The molecule has 2 N–H and O–H groups in total. The number of carbonyl (C=O) groups is 1. The lowest BCUT2D eigenvalue weighted by atomic mass is 10.1. The highest BCUT2D eigenvalue weighted by Crippen LogP contribution is 2.20. The highest BCUT2D eigenvalue weighted by Gasteiger charge is 2.21. The van der Waals surface area contributed by atoms with Crippen LogP contribution in [0.3, 0.4) is 0 Å². The number of rotatable bonds is 8. The minimum Gasteiger partial charge on any atom is -0.376 e. The Morgan fingerprint density at radius 2 is 1.48 bits per heavy atom. The number of benzene rings is 3. The van der Waals surface area contributed by atoms with Crippen molar-refractivity contribution in [1.29, 1.82) is 0 Å². The van der Waals surface area contributed by atoms with Gasteiger partial charge in [0.05, 0.1) is 11.4 Å². The highest BCUT2D eigenvalue weighted by molar-refractivity contribution is 7.89. The standard InChI is InChI=1S/C22H25N3O3S/c1-3-25(4-2)29(27,28)21-13-11-19(12-14-21)24-22(26)16-23-20-10-9-17-7-5-6-8-18(17)15-20/h5-15,23H,3-4,16H2,1-2H3,(H,24,26). The summed E-state index contributed by atoms with van der Waals surface area (Å²) in [4.78, 5) is 12.4. The van der Waals surface area contributed by atoms with Crippen molar-refractivity contribution in [2.45, 2.75) is 18.7 Å². The molecule has 152 valence electrons. The van der Waals surface area contributed by atoms with E-state index in [-0.39, 0.29) is 17.3 Å². The number of anilines is 2. The van der Waals surface area contributed by atoms with Gasteiger partial charge in [0.15, 0.2) is 0 Å². The Morgan fingerprint density at radius 1 is 0.862 bits per heavy atom. The molecule has 6 nitrogen and oxygen atoms in total. The van der Waals surface area contributed by atoms with Gasteiger partial charge in [-0.2, -0.15) is 4.31 Å². The second-order valence-corrected chi connectivity index (χ2v) is 8.52. The quantitative estimate of drug-likeness (QED) is 0.589. The predicted molar refractivity (Wildman–Crippen MR) is 118 cm³/mol. The summed E-state index contributed by atoms with van der Waals surface area (Å²) in [6, 6.07) is 20.2. The summed E-state index contributed by atoms with van der Waals surface area (Å²) in [5.74, 6) is -0.211. The van der Waals surface area contributed by atoms with E-state index in [0.29, 0.717) is 18.8 Å². The minimum absolute atomic E-state index is 0.109. The molecule has 7 heteroatoms. The lowest BCUT2D eigenvalue weighted by Gasteiger charge is -2.18. The Labute approximate surface area is 171 Å². The van der Waals surface area contributed by atoms with Crippen LogP contribution < -0.4 is 10.6 Å². The molecule has 0 aliphatic rings. The van der Waals surface area contributed by atoms with E-state index < -0.39 is 10.0 Å². The number of amides is 1. The molecule has 3 rings (SSSR count). The topological polar surface area (TPSA) is 78.5 Å². The molecule has 0 heterocycles. The zero-order chi connectivity index (χ0) is 20.9. The van der Waals surface area contributed by atoms with Gasteiger partial charge in [-0.25, -0.2) is 8.42 Å². The summed E-state index contributed by atoms with van der Waals surface area (Å²) in [7, 11) is -3.50. The van der Waals surface area contributed by atoms with Crippen LogP contribution in [-0.2, 0) is 14.8 Å². The molecule has 0 bridgehead atoms. The molecular weight excluding hydrogens is 386 g/mol. The molecule has 0 fully saturated rings. The summed E-state index contributed by atoms with van der Waals surface area (Å²) in [6.07, 6.45) is 0. The van der Waals surface area contributed by atoms with E-state index in [1.165, 1.54) is 16.4 Å². The van der Waals surface area contributed by atoms with Gasteiger partial charge in [-0.1, -0.05) is 44.2 Å². The lowest BCUT2D eigenvalue weighted by molar-refractivity contribution is -0.114. The number of nitrogens with zero attached hydrogens (tertiary/aromatic N) is 1. The van der Waals surface area contributed by atoms with Gasteiger partial charge in [-0.05, 0) is 47.2 Å². The number of hydrogen-bond donors (Lipinski definition) is 2.